The molecular formula is C33H38ClN3O6. The normalized spacial score (nSPS) is 20.7. The van der Waals surface area contributed by atoms with Gasteiger partial charge in [0.1, 0.15) is 28.5 Å². The highest BCUT2D eigenvalue weighted by molar-refractivity contribution is 6.32. The SMILES string of the molecule is COc1cccc(OC)c1-c1ccc(C(=O)NC2(C(=O)O)CC3CCC2C3)nc1-c1ccc(Cl)c(OCCCN(C)C)c1. The third-order valence-electron chi connectivity index (χ3n) is 8.60. The molecule has 2 N–H and O–H groups in total. The van der Waals surface area contributed by atoms with Gasteiger partial charge in [0.2, 0.25) is 0 Å². The number of carbonyl (C=O) groups excluding carboxylic acids is 1. The lowest BCUT2D eigenvalue weighted by molar-refractivity contribution is -0.146. The number of fused-ring (bicyclic) bond motifs is 2. The summed E-state index contributed by atoms with van der Waals surface area (Å²) < 4.78 is 17.4. The Bertz CT molecular complexity index is 1490. The second-order valence-electron chi connectivity index (χ2n) is 11.6. The van der Waals surface area contributed by atoms with Crippen LogP contribution in [0.25, 0.3) is 22.4 Å². The van der Waals surface area contributed by atoms with Crippen molar-refractivity contribution in [2.24, 2.45) is 11.8 Å². The smallest absolute Gasteiger partial charge is 0.329 e. The molecule has 3 atom stereocenters. The van der Waals surface area contributed by atoms with Crippen LogP contribution in [0.4, 0.5) is 0 Å². The van der Waals surface area contributed by atoms with Crippen molar-refractivity contribution >= 4 is 23.5 Å². The second-order valence-corrected chi connectivity index (χ2v) is 12.0. The number of hydrogen-bond acceptors (Lipinski definition) is 7. The number of methoxy groups -OCH3 is 2. The Kier molecular flexibility index (Phi) is 9.13. The van der Waals surface area contributed by atoms with E-state index in [1.807, 2.05) is 44.4 Å². The summed E-state index contributed by atoms with van der Waals surface area (Å²) in [5, 5.41) is 13.5. The molecule has 3 aromatic rings. The fraction of sp³-hybridized carbons (Fsp3) is 0.424. The van der Waals surface area contributed by atoms with Crippen molar-refractivity contribution in [1.82, 2.24) is 15.2 Å². The van der Waals surface area contributed by atoms with E-state index in [4.69, 9.17) is 30.8 Å². The molecule has 2 aliphatic rings. The van der Waals surface area contributed by atoms with Gasteiger partial charge in [-0.15, -0.1) is 0 Å². The number of nitrogens with one attached hydrogen (secondary N) is 1. The number of carbonyl (C=O) groups is 2. The molecule has 9 nitrogen and oxygen atoms in total. The number of hydrogen-bond donors (Lipinski definition) is 2. The summed E-state index contributed by atoms with van der Waals surface area (Å²) in [6, 6.07) is 14.3. The molecule has 0 aliphatic heterocycles. The number of nitrogens with zero attached hydrogens (tertiary/aromatic N) is 2. The van der Waals surface area contributed by atoms with Crippen molar-refractivity contribution in [2.45, 2.75) is 37.6 Å². The fourth-order valence-electron chi connectivity index (χ4n) is 6.51. The first kappa shape index (κ1) is 30.6. The zero-order valence-corrected chi connectivity index (χ0v) is 25.7. The number of carboxylic acids is 1. The average molecular weight is 608 g/mol. The molecule has 0 spiro atoms. The van der Waals surface area contributed by atoms with E-state index in [0.29, 0.717) is 63.6 Å². The van der Waals surface area contributed by atoms with Crippen LogP contribution < -0.4 is 19.5 Å². The van der Waals surface area contributed by atoms with E-state index >= 15 is 0 Å². The van der Waals surface area contributed by atoms with E-state index in [2.05, 4.69) is 10.2 Å². The van der Waals surface area contributed by atoms with Crippen LogP contribution in [-0.4, -0.2) is 73.9 Å². The molecule has 228 valence electrons. The van der Waals surface area contributed by atoms with E-state index in [-0.39, 0.29) is 11.6 Å². The van der Waals surface area contributed by atoms with E-state index in [9.17, 15) is 14.7 Å². The second kappa shape index (κ2) is 12.8. The van der Waals surface area contributed by atoms with Crippen LogP contribution in [0.1, 0.15) is 42.6 Å². The molecule has 2 fully saturated rings. The van der Waals surface area contributed by atoms with Crippen LogP contribution in [0.5, 0.6) is 17.2 Å². The van der Waals surface area contributed by atoms with E-state index in [1.165, 1.54) is 0 Å². The van der Waals surface area contributed by atoms with E-state index < -0.39 is 17.4 Å². The van der Waals surface area contributed by atoms with Gasteiger partial charge in [0, 0.05) is 17.7 Å². The van der Waals surface area contributed by atoms with Crippen molar-refractivity contribution < 1.29 is 28.9 Å². The third kappa shape index (κ3) is 6.15. The van der Waals surface area contributed by atoms with Crippen molar-refractivity contribution in [1.29, 1.82) is 0 Å². The number of benzene rings is 2. The first-order chi connectivity index (χ1) is 20.7. The number of amides is 1. The lowest BCUT2D eigenvalue weighted by atomic mass is 9.80. The predicted octanol–water partition coefficient (Wildman–Crippen LogP) is 5.79. The zero-order chi connectivity index (χ0) is 30.7. The van der Waals surface area contributed by atoms with Crippen molar-refractivity contribution in [3.05, 3.63) is 59.2 Å². The monoisotopic (exact) mass is 607 g/mol. The summed E-state index contributed by atoms with van der Waals surface area (Å²) >= 11 is 6.51. The number of aromatic nitrogens is 1. The van der Waals surface area contributed by atoms with Crippen LogP contribution >= 0.6 is 11.6 Å². The van der Waals surface area contributed by atoms with E-state index in [0.717, 1.165) is 32.2 Å². The largest absolute Gasteiger partial charge is 0.496 e. The summed E-state index contributed by atoms with van der Waals surface area (Å²) in [6.07, 6.45) is 3.88. The summed E-state index contributed by atoms with van der Waals surface area (Å²) in [7, 11) is 7.17. The summed E-state index contributed by atoms with van der Waals surface area (Å²) in [4.78, 5) is 33.1. The van der Waals surface area contributed by atoms with Gasteiger partial charge >= 0.3 is 5.97 Å². The molecule has 1 heterocycles. The molecule has 2 saturated carbocycles. The topological polar surface area (TPSA) is 110 Å². The number of carboxylic acid groups (broad SMARTS) is 1. The third-order valence-corrected chi connectivity index (χ3v) is 8.92. The Balaban J connectivity index is 1.57. The first-order valence-electron chi connectivity index (χ1n) is 14.5. The number of aliphatic carboxylic acids is 1. The molecule has 10 heteroatoms. The summed E-state index contributed by atoms with van der Waals surface area (Å²) in [5.41, 5.74) is 1.31. The van der Waals surface area contributed by atoms with Gasteiger partial charge in [-0.2, -0.15) is 0 Å². The molecule has 1 aromatic heterocycles. The Morgan fingerprint density at radius 1 is 1.07 bits per heavy atom. The molecule has 0 saturated heterocycles. The summed E-state index contributed by atoms with van der Waals surface area (Å²) in [6.45, 7) is 1.34. The van der Waals surface area contributed by atoms with Gasteiger partial charge < -0.3 is 29.5 Å². The number of rotatable bonds is 12. The molecule has 5 rings (SSSR count). The minimum absolute atomic E-state index is 0.0843. The van der Waals surface area contributed by atoms with Gasteiger partial charge in [-0.05, 0) is 94.4 Å². The van der Waals surface area contributed by atoms with Crippen molar-refractivity contribution in [3.8, 4) is 39.6 Å². The molecule has 2 aromatic carbocycles. The molecule has 0 radical (unpaired) electrons. The standard InChI is InChI=1S/C33H38ClN3O6/c1-37(2)15-6-16-43-28-18-21(10-13-24(28)34)30-23(29-26(41-3)7-5-8-27(29)42-4)12-14-25(35-30)31(38)36-33(32(39)40)19-20-9-11-22(33)17-20/h5,7-8,10,12-14,18,20,22H,6,9,11,15-17,19H2,1-4H3,(H,36,38)(H,39,40). The van der Waals surface area contributed by atoms with Crippen molar-refractivity contribution in [3.63, 3.8) is 0 Å². The van der Waals surface area contributed by atoms with Gasteiger partial charge in [-0.25, -0.2) is 9.78 Å². The predicted molar refractivity (Wildman–Crippen MR) is 165 cm³/mol. The van der Waals surface area contributed by atoms with Crippen LogP contribution in [0.3, 0.4) is 0 Å². The van der Waals surface area contributed by atoms with Crippen LogP contribution in [0, 0.1) is 11.8 Å². The number of pyridine rings is 1. The Morgan fingerprint density at radius 3 is 2.42 bits per heavy atom. The molecule has 43 heavy (non-hydrogen) atoms. The molecule has 3 unspecified atom stereocenters. The molecule has 1 amide bonds. The van der Waals surface area contributed by atoms with E-state index in [1.54, 1.807) is 32.4 Å². The zero-order valence-electron chi connectivity index (χ0n) is 25.0. The molecule has 2 bridgehead atoms. The lowest BCUT2D eigenvalue weighted by Gasteiger charge is -2.34. The van der Waals surface area contributed by atoms with Gasteiger partial charge in [0.15, 0.2) is 0 Å². The Morgan fingerprint density at radius 2 is 1.81 bits per heavy atom. The molecular weight excluding hydrogens is 570 g/mol. The first-order valence-corrected chi connectivity index (χ1v) is 14.9. The molecule has 2 aliphatic carbocycles. The highest BCUT2D eigenvalue weighted by Crippen LogP contribution is 2.51. The fourth-order valence-corrected chi connectivity index (χ4v) is 6.69. The summed E-state index contributed by atoms with van der Waals surface area (Å²) in [5.74, 6) is 0.358. The van der Waals surface area contributed by atoms with Crippen molar-refractivity contribution in [2.75, 3.05) is 41.5 Å². The van der Waals surface area contributed by atoms with Crippen LogP contribution in [-0.2, 0) is 4.79 Å². The maximum absolute atomic E-state index is 13.7. The lowest BCUT2D eigenvalue weighted by Crippen LogP contribution is -2.58. The average Bonchev–Trinajstić information content (AvgIpc) is 3.61. The maximum Gasteiger partial charge on any atom is 0.329 e. The van der Waals surface area contributed by atoms with Crippen LogP contribution in [0.2, 0.25) is 5.02 Å². The maximum atomic E-state index is 13.7. The highest BCUT2D eigenvalue weighted by Gasteiger charge is 2.57. The number of ether oxygens (including phenoxy) is 3. The minimum atomic E-state index is -1.28. The van der Waals surface area contributed by atoms with Gasteiger partial charge in [0.05, 0.1) is 37.1 Å². The Labute approximate surface area is 257 Å². The van der Waals surface area contributed by atoms with Gasteiger partial charge in [-0.1, -0.05) is 23.7 Å². The highest BCUT2D eigenvalue weighted by atomic mass is 35.5. The Hall–Kier alpha value is -3.82. The minimum Gasteiger partial charge on any atom is -0.496 e. The van der Waals surface area contributed by atoms with Crippen LogP contribution in [0.15, 0.2) is 48.5 Å². The van der Waals surface area contributed by atoms with Gasteiger partial charge in [-0.3, -0.25) is 4.79 Å². The quantitative estimate of drug-likeness (QED) is 0.249. The van der Waals surface area contributed by atoms with Gasteiger partial charge in [0.25, 0.3) is 5.91 Å². The number of halogens is 1.